The number of hydrogen-bond donors (Lipinski definition) is 3. The molecule has 0 aliphatic rings. The van der Waals surface area contributed by atoms with E-state index in [2.05, 4.69) is 10.6 Å². The standard InChI is InChI=1S/C19H20N2O4/c1-25-16-9-7-15(8-10-16)18(23)21-17(19(24)20-11-12-22)13-14-5-3-2-4-6-14/h2-10,13,22H,11-12H2,1H3,(H,20,24)(H,21,23)/b17-13+. The summed E-state index contributed by atoms with van der Waals surface area (Å²) in [5.41, 5.74) is 1.27. The maximum Gasteiger partial charge on any atom is 0.267 e. The smallest absolute Gasteiger partial charge is 0.267 e. The Morgan fingerprint density at radius 3 is 2.36 bits per heavy atom. The number of aliphatic hydroxyl groups is 1. The summed E-state index contributed by atoms with van der Waals surface area (Å²) in [4.78, 5) is 24.6. The normalized spacial score (nSPS) is 10.9. The Balaban J connectivity index is 2.20. The molecule has 3 N–H and O–H groups in total. The minimum absolute atomic E-state index is 0.0977. The van der Waals surface area contributed by atoms with E-state index < -0.39 is 11.8 Å². The van der Waals surface area contributed by atoms with Crippen molar-refractivity contribution >= 4 is 17.9 Å². The number of ether oxygens (including phenoxy) is 1. The number of nitrogens with one attached hydrogen (secondary N) is 2. The quantitative estimate of drug-likeness (QED) is 0.668. The van der Waals surface area contributed by atoms with Crippen LogP contribution >= 0.6 is 0 Å². The average Bonchev–Trinajstić information content (AvgIpc) is 2.66. The number of rotatable bonds is 7. The molecule has 0 saturated heterocycles. The molecule has 2 rings (SSSR count). The van der Waals surface area contributed by atoms with Gasteiger partial charge in [-0.15, -0.1) is 0 Å². The molecule has 0 heterocycles. The van der Waals surface area contributed by atoms with Crippen molar-refractivity contribution in [3.63, 3.8) is 0 Å². The number of hydrogen-bond acceptors (Lipinski definition) is 4. The number of amides is 2. The van der Waals surface area contributed by atoms with Gasteiger partial charge in [0.15, 0.2) is 0 Å². The van der Waals surface area contributed by atoms with E-state index in [1.165, 1.54) is 0 Å². The first-order valence-electron chi connectivity index (χ1n) is 7.75. The lowest BCUT2D eigenvalue weighted by Crippen LogP contribution is -2.36. The molecule has 130 valence electrons. The molecule has 0 saturated carbocycles. The van der Waals surface area contributed by atoms with Crippen LogP contribution in [0.15, 0.2) is 60.3 Å². The predicted octanol–water partition coefficient (Wildman–Crippen LogP) is 1.57. The van der Waals surface area contributed by atoms with Gasteiger partial charge in [-0.05, 0) is 35.9 Å². The van der Waals surface area contributed by atoms with Crippen LogP contribution in [-0.4, -0.2) is 37.2 Å². The summed E-state index contributed by atoms with van der Waals surface area (Å²) in [5, 5.41) is 14.0. The summed E-state index contributed by atoms with van der Waals surface area (Å²) < 4.78 is 5.06. The first-order valence-corrected chi connectivity index (χ1v) is 7.75. The van der Waals surface area contributed by atoms with E-state index in [9.17, 15) is 9.59 Å². The van der Waals surface area contributed by atoms with Crippen molar-refractivity contribution in [2.45, 2.75) is 0 Å². The Morgan fingerprint density at radius 2 is 1.76 bits per heavy atom. The molecule has 6 nitrogen and oxygen atoms in total. The lowest BCUT2D eigenvalue weighted by Gasteiger charge is -2.11. The monoisotopic (exact) mass is 340 g/mol. The molecule has 0 aliphatic heterocycles. The van der Waals surface area contributed by atoms with Crippen LogP contribution in [0, 0.1) is 0 Å². The molecular formula is C19H20N2O4. The molecule has 0 unspecified atom stereocenters. The molecule has 2 aromatic carbocycles. The van der Waals surface area contributed by atoms with Gasteiger partial charge >= 0.3 is 0 Å². The molecule has 0 aromatic heterocycles. The summed E-state index contributed by atoms with van der Waals surface area (Å²) in [7, 11) is 1.54. The van der Waals surface area contributed by atoms with Crippen LogP contribution < -0.4 is 15.4 Å². The zero-order valence-corrected chi connectivity index (χ0v) is 13.9. The Morgan fingerprint density at radius 1 is 1.08 bits per heavy atom. The van der Waals surface area contributed by atoms with E-state index in [1.807, 2.05) is 30.3 Å². The maximum absolute atomic E-state index is 12.4. The summed E-state index contributed by atoms with van der Waals surface area (Å²) in [6, 6.07) is 15.7. The van der Waals surface area contributed by atoms with E-state index in [0.29, 0.717) is 11.3 Å². The van der Waals surface area contributed by atoms with Gasteiger partial charge in [0.25, 0.3) is 11.8 Å². The second-order valence-electron chi connectivity index (χ2n) is 5.13. The van der Waals surface area contributed by atoms with Crippen molar-refractivity contribution in [3.05, 3.63) is 71.4 Å². The highest BCUT2D eigenvalue weighted by atomic mass is 16.5. The van der Waals surface area contributed by atoms with Crippen LogP contribution in [0.3, 0.4) is 0 Å². The molecule has 25 heavy (non-hydrogen) atoms. The Hall–Kier alpha value is -3.12. The fourth-order valence-electron chi connectivity index (χ4n) is 2.08. The van der Waals surface area contributed by atoms with Crippen molar-refractivity contribution in [1.82, 2.24) is 10.6 Å². The van der Waals surface area contributed by atoms with Crippen LogP contribution in [0.2, 0.25) is 0 Å². The van der Waals surface area contributed by atoms with Gasteiger partial charge in [-0.1, -0.05) is 30.3 Å². The van der Waals surface area contributed by atoms with Gasteiger partial charge in [-0.3, -0.25) is 9.59 Å². The van der Waals surface area contributed by atoms with Gasteiger partial charge in [-0.2, -0.15) is 0 Å². The minimum Gasteiger partial charge on any atom is -0.497 e. The second-order valence-corrected chi connectivity index (χ2v) is 5.13. The number of carbonyl (C=O) groups is 2. The van der Waals surface area contributed by atoms with Crippen LogP contribution in [0.25, 0.3) is 6.08 Å². The first-order chi connectivity index (χ1) is 12.1. The first kappa shape index (κ1) is 18.2. The van der Waals surface area contributed by atoms with Crippen LogP contribution in [-0.2, 0) is 4.79 Å². The van der Waals surface area contributed by atoms with E-state index in [-0.39, 0.29) is 18.8 Å². The van der Waals surface area contributed by atoms with Crippen molar-refractivity contribution in [3.8, 4) is 5.75 Å². The molecule has 0 spiro atoms. The molecule has 2 aromatic rings. The lowest BCUT2D eigenvalue weighted by molar-refractivity contribution is -0.117. The van der Waals surface area contributed by atoms with Crippen LogP contribution in [0.1, 0.15) is 15.9 Å². The summed E-state index contributed by atoms with van der Waals surface area (Å²) in [6.45, 7) is -0.0832. The van der Waals surface area contributed by atoms with Gasteiger partial charge in [0.1, 0.15) is 11.4 Å². The fourth-order valence-corrected chi connectivity index (χ4v) is 2.08. The second kappa shape index (κ2) is 9.24. The van der Waals surface area contributed by atoms with Gasteiger partial charge in [0.2, 0.25) is 0 Å². The van der Waals surface area contributed by atoms with Gasteiger partial charge < -0.3 is 20.5 Å². The lowest BCUT2D eigenvalue weighted by atomic mass is 10.1. The number of benzene rings is 2. The number of carbonyl (C=O) groups excluding carboxylic acids is 2. The molecule has 2 amide bonds. The largest absolute Gasteiger partial charge is 0.497 e. The Labute approximate surface area is 146 Å². The zero-order chi connectivity index (χ0) is 18.1. The number of aliphatic hydroxyl groups excluding tert-OH is 1. The molecule has 0 atom stereocenters. The Bertz CT molecular complexity index is 740. The van der Waals surface area contributed by atoms with Crippen molar-refractivity contribution in [2.24, 2.45) is 0 Å². The van der Waals surface area contributed by atoms with E-state index in [0.717, 1.165) is 5.56 Å². The average molecular weight is 340 g/mol. The van der Waals surface area contributed by atoms with Crippen molar-refractivity contribution in [1.29, 1.82) is 0 Å². The fraction of sp³-hybridized carbons (Fsp3) is 0.158. The highest BCUT2D eigenvalue weighted by Crippen LogP contribution is 2.12. The van der Waals surface area contributed by atoms with Gasteiger partial charge in [0, 0.05) is 12.1 Å². The van der Waals surface area contributed by atoms with Crippen molar-refractivity contribution in [2.75, 3.05) is 20.3 Å². The molecule has 0 radical (unpaired) electrons. The van der Waals surface area contributed by atoms with E-state index >= 15 is 0 Å². The molecular weight excluding hydrogens is 320 g/mol. The third kappa shape index (κ3) is 5.47. The summed E-state index contributed by atoms with van der Waals surface area (Å²) >= 11 is 0. The highest BCUT2D eigenvalue weighted by molar-refractivity contribution is 6.05. The number of methoxy groups -OCH3 is 1. The topological polar surface area (TPSA) is 87.7 Å². The molecule has 0 aliphatic carbocycles. The van der Waals surface area contributed by atoms with E-state index in [1.54, 1.807) is 37.5 Å². The third-order valence-corrected chi connectivity index (χ3v) is 3.35. The third-order valence-electron chi connectivity index (χ3n) is 3.35. The minimum atomic E-state index is -0.472. The molecule has 6 heteroatoms. The zero-order valence-electron chi connectivity index (χ0n) is 13.9. The molecule has 0 bridgehead atoms. The van der Waals surface area contributed by atoms with Crippen LogP contribution in [0.5, 0.6) is 5.75 Å². The maximum atomic E-state index is 12.4. The van der Waals surface area contributed by atoms with Gasteiger partial charge in [0.05, 0.1) is 13.7 Å². The highest BCUT2D eigenvalue weighted by Gasteiger charge is 2.14. The van der Waals surface area contributed by atoms with Crippen molar-refractivity contribution < 1.29 is 19.4 Å². The van der Waals surface area contributed by atoms with Gasteiger partial charge in [-0.25, -0.2) is 0 Å². The van der Waals surface area contributed by atoms with E-state index in [4.69, 9.17) is 9.84 Å². The summed E-state index contributed by atoms with van der Waals surface area (Å²) in [5.74, 6) is -0.249. The van der Waals surface area contributed by atoms with Crippen LogP contribution in [0.4, 0.5) is 0 Å². The SMILES string of the molecule is COc1ccc(C(=O)N/C(=C/c2ccccc2)C(=O)NCCO)cc1. The Kier molecular flexibility index (Phi) is 6.74. The summed E-state index contributed by atoms with van der Waals surface area (Å²) in [6.07, 6.45) is 1.58. The predicted molar refractivity (Wildman–Crippen MR) is 95.0 cm³/mol. The molecule has 0 fully saturated rings.